The summed E-state index contributed by atoms with van der Waals surface area (Å²) < 4.78 is 41.6. The SMILES string of the molecule is O=P(C=C(c1ccc(F)cc1)c1ccc(F)cc1)(c1ccccc1)c1ccccc1. The van der Waals surface area contributed by atoms with Gasteiger partial charge in [-0.2, -0.15) is 0 Å². The number of halogens is 2. The van der Waals surface area contributed by atoms with Crippen LogP contribution in [0.2, 0.25) is 0 Å². The second-order valence-electron chi connectivity index (χ2n) is 6.89. The van der Waals surface area contributed by atoms with Crippen LogP contribution in [0.5, 0.6) is 0 Å². The number of hydrogen-bond acceptors (Lipinski definition) is 1. The molecule has 0 amide bonds. The summed E-state index contributed by atoms with van der Waals surface area (Å²) in [6.07, 6.45) is 0. The first-order valence-corrected chi connectivity index (χ1v) is 11.3. The lowest BCUT2D eigenvalue weighted by Crippen LogP contribution is -2.14. The molecular weight excluding hydrogens is 397 g/mol. The Morgan fingerprint density at radius 2 is 0.933 bits per heavy atom. The van der Waals surface area contributed by atoms with Gasteiger partial charge in [0.25, 0.3) is 0 Å². The van der Waals surface area contributed by atoms with Crippen LogP contribution in [0.25, 0.3) is 5.57 Å². The minimum atomic E-state index is -3.18. The van der Waals surface area contributed by atoms with E-state index in [1.54, 1.807) is 30.1 Å². The summed E-state index contributed by atoms with van der Waals surface area (Å²) in [5.41, 5.74) is 2.07. The van der Waals surface area contributed by atoms with E-state index < -0.39 is 7.14 Å². The van der Waals surface area contributed by atoms with Crippen molar-refractivity contribution in [2.45, 2.75) is 0 Å². The summed E-state index contributed by atoms with van der Waals surface area (Å²) >= 11 is 0. The van der Waals surface area contributed by atoms with E-state index in [-0.39, 0.29) is 11.6 Å². The van der Waals surface area contributed by atoms with Gasteiger partial charge in [-0.15, -0.1) is 0 Å². The van der Waals surface area contributed by atoms with E-state index in [4.69, 9.17) is 0 Å². The maximum absolute atomic E-state index is 14.5. The average molecular weight is 416 g/mol. The van der Waals surface area contributed by atoms with Crippen molar-refractivity contribution < 1.29 is 13.3 Å². The zero-order valence-corrected chi connectivity index (χ0v) is 17.0. The lowest BCUT2D eigenvalue weighted by molar-refractivity contribution is 0.592. The van der Waals surface area contributed by atoms with Gasteiger partial charge in [-0.3, -0.25) is 0 Å². The summed E-state index contributed by atoms with van der Waals surface area (Å²) in [7, 11) is -3.18. The van der Waals surface area contributed by atoms with Gasteiger partial charge in [-0.05, 0) is 46.8 Å². The molecule has 0 heterocycles. The standard InChI is InChI=1S/C26H19F2OP/c27-22-15-11-20(12-16-22)26(21-13-17-23(28)18-14-21)19-30(29,24-7-3-1-4-8-24)25-9-5-2-6-10-25/h1-19H. The van der Waals surface area contributed by atoms with Crippen molar-refractivity contribution in [1.82, 2.24) is 0 Å². The molecule has 4 rings (SSSR count). The molecule has 0 fully saturated rings. The van der Waals surface area contributed by atoms with Gasteiger partial charge in [0.15, 0.2) is 7.14 Å². The van der Waals surface area contributed by atoms with Crippen LogP contribution in [-0.4, -0.2) is 0 Å². The second-order valence-corrected chi connectivity index (χ2v) is 9.49. The third-order valence-electron chi connectivity index (χ3n) is 4.90. The van der Waals surface area contributed by atoms with Crippen LogP contribution in [0.3, 0.4) is 0 Å². The lowest BCUT2D eigenvalue weighted by atomic mass is 10.00. The average Bonchev–Trinajstić information content (AvgIpc) is 2.80. The van der Waals surface area contributed by atoms with Crippen molar-refractivity contribution >= 4 is 23.3 Å². The Morgan fingerprint density at radius 1 is 0.567 bits per heavy atom. The Hall–Kier alpha value is -3.29. The maximum Gasteiger partial charge on any atom is 0.164 e. The second kappa shape index (κ2) is 8.61. The van der Waals surface area contributed by atoms with Gasteiger partial charge in [0, 0.05) is 10.6 Å². The molecule has 0 radical (unpaired) electrons. The minimum absolute atomic E-state index is 0.355. The third-order valence-corrected chi connectivity index (χ3v) is 7.65. The molecule has 4 aromatic carbocycles. The van der Waals surface area contributed by atoms with E-state index >= 15 is 0 Å². The third kappa shape index (κ3) is 4.17. The van der Waals surface area contributed by atoms with E-state index in [2.05, 4.69) is 0 Å². The minimum Gasteiger partial charge on any atom is -0.309 e. The van der Waals surface area contributed by atoms with Crippen molar-refractivity contribution in [2.24, 2.45) is 0 Å². The Labute approximate surface area is 174 Å². The topological polar surface area (TPSA) is 17.1 Å². The summed E-state index contributed by atoms with van der Waals surface area (Å²) in [4.78, 5) is 0. The number of hydrogen-bond donors (Lipinski definition) is 0. The van der Waals surface area contributed by atoms with Crippen LogP contribution in [0.15, 0.2) is 115 Å². The van der Waals surface area contributed by atoms with E-state index in [0.29, 0.717) is 27.3 Å². The van der Waals surface area contributed by atoms with Crippen molar-refractivity contribution in [3.63, 3.8) is 0 Å². The van der Waals surface area contributed by atoms with Crippen LogP contribution in [0, 0.1) is 11.6 Å². The number of benzene rings is 4. The van der Waals surface area contributed by atoms with Crippen LogP contribution >= 0.6 is 7.14 Å². The molecule has 4 heteroatoms. The van der Waals surface area contributed by atoms with Crippen LogP contribution in [0.1, 0.15) is 11.1 Å². The fourth-order valence-corrected chi connectivity index (χ4v) is 5.84. The Bertz CT molecular complexity index is 1110. The van der Waals surface area contributed by atoms with Crippen molar-refractivity contribution in [3.05, 3.63) is 138 Å². The molecule has 4 aromatic rings. The van der Waals surface area contributed by atoms with Gasteiger partial charge in [-0.1, -0.05) is 84.9 Å². The van der Waals surface area contributed by atoms with Crippen molar-refractivity contribution in [2.75, 3.05) is 0 Å². The highest BCUT2D eigenvalue weighted by Crippen LogP contribution is 2.48. The molecule has 30 heavy (non-hydrogen) atoms. The van der Waals surface area contributed by atoms with Gasteiger partial charge >= 0.3 is 0 Å². The highest BCUT2D eigenvalue weighted by Gasteiger charge is 2.26. The summed E-state index contributed by atoms with van der Waals surface area (Å²) in [5, 5.41) is 1.39. The highest BCUT2D eigenvalue weighted by molar-refractivity contribution is 7.81. The van der Waals surface area contributed by atoms with E-state index in [0.717, 1.165) is 0 Å². The first kappa shape index (κ1) is 20.0. The smallest absolute Gasteiger partial charge is 0.164 e. The molecule has 0 atom stereocenters. The molecule has 0 saturated heterocycles. The zero-order valence-electron chi connectivity index (χ0n) is 16.1. The monoisotopic (exact) mass is 416 g/mol. The first-order valence-electron chi connectivity index (χ1n) is 9.52. The highest BCUT2D eigenvalue weighted by atomic mass is 31.2. The molecule has 0 N–H and O–H groups in total. The van der Waals surface area contributed by atoms with Gasteiger partial charge in [0.1, 0.15) is 11.6 Å². The Morgan fingerprint density at radius 3 is 1.30 bits per heavy atom. The fraction of sp³-hybridized carbons (Fsp3) is 0. The van der Waals surface area contributed by atoms with Crippen LogP contribution < -0.4 is 10.6 Å². The van der Waals surface area contributed by atoms with Crippen molar-refractivity contribution in [3.8, 4) is 0 Å². The Balaban J connectivity index is 1.98. The molecule has 0 aliphatic carbocycles. The fourth-order valence-electron chi connectivity index (χ4n) is 3.35. The molecule has 0 bridgehead atoms. The van der Waals surface area contributed by atoms with Gasteiger partial charge < -0.3 is 4.57 Å². The van der Waals surface area contributed by atoms with Gasteiger partial charge in [0.05, 0.1) is 0 Å². The molecule has 0 aliphatic heterocycles. The molecule has 0 saturated carbocycles. The Kier molecular flexibility index (Phi) is 5.74. The normalized spacial score (nSPS) is 11.1. The first-order chi connectivity index (χ1) is 14.6. The molecule has 148 valence electrons. The van der Waals surface area contributed by atoms with Gasteiger partial charge in [-0.25, -0.2) is 8.78 Å². The summed E-state index contributed by atoms with van der Waals surface area (Å²) in [6.45, 7) is 0. The number of rotatable bonds is 5. The molecular formula is C26H19F2OP. The zero-order chi connectivity index (χ0) is 21.0. The van der Waals surface area contributed by atoms with Gasteiger partial charge in [0.2, 0.25) is 0 Å². The van der Waals surface area contributed by atoms with Crippen molar-refractivity contribution in [1.29, 1.82) is 0 Å². The largest absolute Gasteiger partial charge is 0.309 e. The van der Waals surface area contributed by atoms with E-state index in [9.17, 15) is 13.3 Å². The van der Waals surface area contributed by atoms with Crippen LogP contribution in [-0.2, 0) is 4.57 Å². The molecule has 0 aromatic heterocycles. The molecule has 1 nitrogen and oxygen atoms in total. The van der Waals surface area contributed by atoms with E-state index in [1.165, 1.54) is 24.3 Å². The predicted molar refractivity (Wildman–Crippen MR) is 120 cm³/mol. The predicted octanol–water partition coefficient (Wildman–Crippen LogP) is 6.37. The molecule has 0 unspecified atom stereocenters. The van der Waals surface area contributed by atoms with Crippen LogP contribution in [0.4, 0.5) is 8.78 Å². The van der Waals surface area contributed by atoms with E-state index in [1.807, 2.05) is 60.7 Å². The quantitative estimate of drug-likeness (QED) is 0.346. The summed E-state index contributed by atoms with van der Waals surface area (Å²) in [6, 6.07) is 30.6. The molecule has 0 aliphatic rings. The lowest BCUT2D eigenvalue weighted by Gasteiger charge is -2.19. The maximum atomic E-state index is 14.5. The molecule has 0 spiro atoms. The summed E-state index contributed by atoms with van der Waals surface area (Å²) in [5.74, 6) is 1.04.